The molecule has 0 radical (unpaired) electrons. The van der Waals surface area contributed by atoms with Crippen molar-refractivity contribution in [1.82, 2.24) is 14.9 Å². The minimum absolute atomic E-state index is 0.116. The number of rotatable bonds is 6. The maximum atomic E-state index is 11.8. The van der Waals surface area contributed by atoms with Crippen molar-refractivity contribution in [2.75, 3.05) is 0 Å². The third-order valence-electron chi connectivity index (χ3n) is 3.34. The topological polar surface area (TPSA) is 70.2 Å². The highest BCUT2D eigenvalue weighted by Crippen LogP contribution is 2.25. The van der Waals surface area contributed by atoms with Gasteiger partial charge in [-0.15, -0.1) is 11.3 Å². The number of esters is 1. The smallest absolute Gasteiger partial charge is 0.308 e. The van der Waals surface area contributed by atoms with Gasteiger partial charge in [-0.05, 0) is 31.4 Å². The molecule has 0 aromatic carbocycles. The van der Waals surface area contributed by atoms with Crippen LogP contribution in [0.15, 0.2) is 34.2 Å². The first-order valence-corrected chi connectivity index (χ1v) is 8.16. The minimum Gasteiger partial charge on any atom is -0.459 e. The largest absolute Gasteiger partial charge is 0.459 e. The van der Waals surface area contributed by atoms with Crippen LogP contribution in [0.4, 0.5) is 0 Å². The van der Waals surface area contributed by atoms with Crippen LogP contribution in [-0.2, 0) is 22.7 Å². The maximum absolute atomic E-state index is 11.8. The van der Waals surface area contributed by atoms with E-state index in [0.717, 1.165) is 16.3 Å². The molecule has 3 aromatic heterocycles. The lowest BCUT2D eigenvalue weighted by Gasteiger charge is -2.04. The van der Waals surface area contributed by atoms with Crippen molar-refractivity contribution in [3.63, 3.8) is 0 Å². The first kappa shape index (κ1) is 15.5. The number of carbonyl (C=O) groups is 1. The van der Waals surface area contributed by atoms with E-state index >= 15 is 0 Å². The molecule has 3 heterocycles. The van der Waals surface area contributed by atoms with Crippen molar-refractivity contribution in [1.29, 1.82) is 0 Å². The number of hydrogen-bond acceptors (Lipinski definition) is 6. The van der Waals surface area contributed by atoms with Crippen molar-refractivity contribution < 1.29 is 14.1 Å². The van der Waals surface area contributed by atoms with E-state index in [1.165, 1.54) is 0 Å². The Morgan fingerprint density at radius 2 is 2.26 bits per heavy atom. The first-order valence-electron chi connectivity index (χ1n) is 7.28. The summed E-state index contributed by atoms with van der Waals surface area (Å²) in [6, 6.07) is 7.67. The van der Waals surface area contributed by atoms with Crippen LogP contribution in [0.2, 0.25) is 0 Å². The van der Waals surface area contributed by atoms with Crippen LogP contribution < -0.4 is 0 Å². The fourth-order valence-corrected chi connectivity index (χ4v) is 2.91. The average molecular weight is 331 g/mol. The fourth-order valence-electron chi connectivity index (χ4n) is 2.24. The number of aromatic nitrogens is 3. The Bertz CT molecular complexity index is 789. The van der Waals surface area contributed by atoms with Gasteiger partial charge in [-0.1, -0.05) is 11.2 Å². The lowest BCUT2D eigenvalue weighted by molar-refractivity contribution is -0.145. The number of ether oxygens (including phenoxy) is 1. The monoisotopic (exact) mass is 331 g/mol. The molecular formula is C16H17N3O3S. The Kier molecular flexibility index (Phi) is 4.57. The van der Waals surface area contributed by atoms with Crippen molar-refractivity contribution in [2.24, 2.45) is 0 Å². The zero-order chi connectivity index (χ0) is 16.2. The van der Waals surface area contributed by atoms with Gasteiger partial charge in [0.1, 0.15) is 12.3 Å². The highest BCUT2D eigenvalue weighted by molar-refractivity contribution is 7.13. The molecule has 7 heteroatoms. The van der Waals surface area contributed by atoms with E-state index in [0.29, 0.717) is 18.0 Å². The summed E-state index contributed by atoms with van der Waals surface area (Å²) in [5.41, 5.74) is 2.58. The highest BCUT2D eigenvalue weighted by atomic mass is 32.1. The zero-order valence-electron chi connectivity index (χ0n) is 13.0. The molecule has 0 amide bonds. The van der Waals surface area contributed by atoms with Crippen LogP contribution in [0, 0.1) is 13.8 Å². The van der Waals surface area contributed by atoms with Crippen LogP contribution in [0.25, 0.3) is 10.6 Å². The molecule has 3 rings (SSSR count). The number of hydrogen-bond donors (Lipinski definition) is 0. The molecule has 0 spiro atoms. The van der Waals surface area contributed by atoms with Gasteiger partial charge in [0.25, 0.3) is 0 Å². The standard InChI is InChI=1S/C16H17N3O3S/c1-11-8-12(2)19(17-11)6-5-16(20)21-10-13-9-14(22-18-13)15-4-3-7-23-15/h3-4,7-9H,5-6,10H2,1-2H3. The summed E-state index contributed by atoms with van der Waals surface area (Å²) in [6.07, 6.45) is 0.275. The molecule has 0 unspecified atom stereocenters. The molecule has 0 saturated heterocycles. The van der Waals surface area contributed by atoms with Gasteiger partial charge in [-0.25, -0.2) is 0 Å². The third-order valence-corrected chi connectivity index (χ3v) is 4.22. The molecule has 0 aliphatic carbocycles. The molecule has 0 aliphatic rings. The van der Waals surface area contributed by atoms with Gasteiger partial charge in [0.05, 0.1) is 23.5 Å². The van der Waals surface area contributed by atoms with Crippen LogP contribution in [0.1, 0.15) is 23.5 Å². The van der Waals surface area contributed by atoms with Crippen molar-refractivity contribution in [3.05, 3.63) is 46.7 Å². The normalized spacial score (nSPS) is 10.9. The summed E-state index contributed by atoms with van der Waals surface area (Å²) in [6.45, 7) is 4.52. The van der Waals surface area contributed by atoms with Crippen molar-refractivity contribution >= 4 is 17.3 Å². The van der Waals surface area contributed by atoms with Crippen molar-refractivity contribution in [2.45, 2.75) is 33.4 Å². The SMILES string of the molecule is Cc1cc(C)n(CCC(=O)OCc2cc(-c3cccs3)on2)n1. The van der Waals surface area contributed by atoms with E-state index in [-0.39, 0.29) is 19.0 Å². The zero-order valence-corrected chi connectivity index (χ0v) is 13.8. The van der Waals surface area contributed by atoms with E-state index in [4.69, 9.17) is 9.26 Å². The lowest BCUT2D eigenvalue weighted by atomic mass is 10.3. The van der Waals surface area contributed by atoms with Gasteiger partial charge in [0.15, 0.2) is 5.76 Å². The van der Waals surface area contributed by atoms with Crippen LogP contribution >= 0.6 is 11.3 Å². The predicted octanol–water partition coefficient (Wildman–Crippen LogP) is 3.35. The number of aryl methyl sites for hydroxylation is 3. The molecule has 120 valence electrons. The average Bonchev–Trinajstić information content (AvgIpc) is 3.24. The summed E-state index contributed by atoms with van der Waals surface area (Å²) in [4.78, 5) is 12.8. The van der Waals surface area contributed by atoms with Gasteiger partial charge in [-0.3, -0.25) is 9.48 Å². The Morgan fingerprint density at radius 1 is 1.39 bits per heavy atom. The van der Waals surface area contributed by atoms with Gasteiger partial charge >= 0.3 is 5.97 Å². The molecule has 0 fully saturated rings. The van der Waals surface area contributed by atoms with E-state index in [1.54, 1.807) is 17.4 Å². The second-order valence-corrected chi connectivity index (χ2v) is 6.17. The Labute approximate surface area is 137 Å². The molecule has 0 saturated carbocycles. The van der Waals surface area contributed by atoms with Crippen LogP contribution in [0.3, 0.4) is 0 Å². The van der Waals surface area contributed by atoms with Crippen LogP contribution in [-0.4, -0.2) is 20.9 Å². The molecule has 0 bridgehead atoms. The fraction of sp³-hybridized carbons (Fsp3) is 0.312. The van der Waals surface area contributed by atoms with Crippen molar-refractivity contribution in [3.8, 4) is 10.6 Å². The summed E-state index contributed by atoms with van der Waals surface area (Å²) in [7, 11) is 0. The van der Waals surface area contributed by atoms with E-state index in [1.807, 2.05) is 42.1 Å². The number of nitrogens with zero attached hydrogens (tertiary/aromatic N) is 3. The maximum Gasteiger partial charge on any atom is 0.308 e. The lowest BCUT2D eigenvalue weighted by Crippen LogP contribution is -2.11. The second-order valence-electron chi connectivity index (χ2n) is 5.22. The van der Waals surface area contributed by atoms with Gasteiger partial charge in [0, 0.05) is 11.8 Å². The molecule has 6 nitrogen and oxygen atoms in total. The Balaban J connectivity index is 1.48. The summed E-state index contributed by atoms with van der Waals surface area (Å²) in [5.74, 6) is 0.409. The van der Waals surface area contributed by atoms with Gasteiger partial charge < -0.3 is 9.26 Å². The molecule has 3 aromatic rings. The molecule has 0 N–H and O–H groups in total. The molecule has 23 heavy (non-hydrogen) atoms. The first-order chi connectivity index (χ1) is 11.1. The third kappa shape index (κ3) is 3.87. The number of thiophene rings is 1. The van der Waals surface area contributed by atoms with E-state index < -0.39 is 0 Å². The quantitative estimate of drug-likeness (QED) is 0.648. The van der Waals surface area contributed by atoms with E-state index in [2.05, 4.69) is 10.3 Å². The second kappa shape index (κ2) is 6.78. The summed E-state index contributed by atoms with van der Waals surface area (Å²) >= 11 is 1.57. The predicted molar refractivity (Wildman–Crippen MR) is 85.9 cm³/mol. The Morgan fingerprint density at radius 3 is 2.96 bits per heavy atom. The molecular weight excluding hydrogens is 314 g/mol. The van der Waals surface area contributed by atoms with E-state index in [9.17, 15) is 4.79 Å². The Hall–Kier alpha value is -2.41. The summed E-state index contributed by atoms with van der Waals surface area (Å²) < 4.78 is 12.3. The highest BCUT2D eigenvalue weighted by Gasteiger charge is 2.11. The molecule has 0 atom stereocenters. The van der Waals surface area contributed by atoms with Gasteiger partial charge in [-0.2, -0.15) is 5.10 Å². The minimum atomic E-state index is -0.279. The summed E-state index contributed by atoms with van der Waals surface area (Å²) in [5, 5.41) is 10.2. The van der Waals surface area contributed by atoms with Crippen LogP contribution in [0.5, 0.6) is 0 Å². The molecule has 0 aliphatic heterocycles. The number of carbonyl (C=O) groups excluding carboxylic acids is 1. The van der Waals surface area contributed by atoms with Gasteiger partial charge in [0.2, 0.25) is 0 Å².